The first kappa shape index (κ1) is 10.4. The van der Waals surface area contributed by atoms with Crippen LogP contribution in [0.25, 0.3) is 5.69 Å². The average molecular weight is 245 g/mol. The molecule has 0 bridgehead atoms. The molecule has 86 valence electrons. The Hall–Kier alpha value is -1.72. The van der Waals surface area contributed by atoms with Gasteiger partial charge in [-0.25, -0.2) is 5.06 Å². The lowest BCUT2D eigenvalue weighted by Gasteiger charge is -2.24. The number of rotatable bonds is 0. The van der Waals surface area contributed by atoms with E-state index < -0.39 is 0 Å². The van der Waals surface area contributed by atoms with Gasteiger partial charge in [0, 0.05) is 6.20 Å². The number of para-hydroxylation sites is 2. The van der Waals surface area contributed by atoms with Gasteiger partial charge in [-0.15, -0.1) is 0 Å². The monoisotopic (exact) mass is 245 g/mol. The molecule has 0 radical (unpaired) electrons. The summed E-state index contributed by atoms with van der Waals surface area (Å²) in [6.07, 6.45) is 1.96. The van der Waals surface area contributed by atoms with Crippen LogP contribution in [0.15, 0.2) is 47.6 Å². The molecule has 5 heteroatoms. The van der Waals surface area contributed by atoms with Gasteiger partial charge in [-0.1, -0.05) is 23.9 Å². The summed E-state index contributed by atoms with van der Waals surface area (Å²) in [7, 11) is 0. The van der Waals surface area contributed by atoms with Crippen LogP contribution in [0.4, 0.5) is 5.69 Å². The summed E-state index contributed by atoms with van der Waals surface area (Å²) in [5.41, 5.74) is 1.52. The summed E-state index contributed by atoms with van der Waals surface area (Å²) in [6, 6.07) is 11.5. The van der Waals surface area contributed by atoms with Crippen molar-refractivity contribution in [3.63, 3.8) is 0 Å². The van der Waals surface area contributed by atoms with Crippen molar-refractivity contribution in [2.24, 2.45) is 0 Å². The van der Waals surface area contributed by atoms with E-state index in [1.54, 1.807) is 11.8 Å². The van der Waals surface area contributed by atoms with E-state index in [9.17, 15) is 5.21 Å². The quantitative estimate of drug-likeness (QED) is 0.750. The van der Waals surface area contributed by atoms with E-state index in [2.05, 4.69) is 0 Å². The van der Waals surface area contributed by atoms with Crippen LogP contribution in [0.3, 0.4) is 0 Å². The molecule has 0 unspecified atom stereocenters. The fraction of sp³-hybridized carbons (Fsp3) is 0.0833. The van der Waals surface area contributed by atoms with E-state index in [1.165, 1.54) is 0 Å². The largest absolute Gasteiger partial charge is 0.309 e. The first-order valence-electron chi connectivity index (χ1n) is 5.23. The molecule has 2 N–H and O–H groups in total. The summed E-state index contributed by atoms with van der Waals surface area (Å²) in [6.45, 7) is 0. The fourth-order valence-corrected chi connectivity index (χ4v) is 2.76. The van der Waals surface area contributed by atoms with Gasteiger partial charge < -0.3 is 4.57 Å². The number of fused-ring (bicyclic) bond motifs is 3. The molecule has 0 saturated heterocycles. The molecule has 3 rings (SSSR count). The fourth-order valence-electron chi connectivity index (χ4n) is 1.88. The second kappa shape index (κ2) is 3.94. The highest BCUT2D eigenvalue weighted by Gasteiger charge is 2.19. The van der Waals surface area contributed by atoms with Crippen LogP contribution in [0.1, 0.15) is 0 Å². The molecular formula is C12H11N3OS. The minimum Gasteiger partial charge on any atom is -0.309 e. The molecule has 0 spiro atoms. The van der Waals surface area contributed by atoms with Crippen LogP contribution in [0.5, 0.6) is 0 Å². The second-order valence-corrected chi connectivity index (χ2v) is 4.75. The Morgan fingerprint density at radius 3 is 2.71 bits per heavy atom. The summed E-state index contributed by atoms with van der Waals surface area (Å²) in [4.78, 5) is 0. The minimum atomic E-state index is 0.190. The van der Waals surface area contributed by atoms with Crippen molar-refractivity contribution in [2.75, 3.05) is 10.8 Å². The van der Waals surface area contributed by atoms with Crippen LogP contribution < -0.4 is 5.06 Å². The molecule has 0 amide bonds. The molecule has 0 aliphatic carbocycles. The molecule has 0 fully saturated rings. The van der Waals surface area contributed by atoms with Crippen LogP contribution in [-0.4, -0.2) is 21.4 Å². The van der Waals surface area contributed by atoms with Gasteiger partial charge in [-0.2, -0.15) is 0 Å². The van der Waals surface area contributed by atoms with Crippen LogP contribution in [0.2, 0.25) is 0 Å². The van der Waals surface area contributed by atoms with E-state index in [0.717, 1.165) is 15.8 Å². The Labute approximate surface area is 103 Å². The zero-order valence-electron chi connectivity index (χ0n) is 9.00. The maximum atomic E-state index is 9.98. The van der Waals surface area contributed by atoms with Crippen molar-refractivity contribution < 1.29 is 5.21 Å². The van der Waals surface area contributed by atoms with Crippen LogP contribution >= 0.6 is 11.8 Å². The number of hydroxylamine groups is 1. The summed E-state index contributed by atoms with van der Waals surface area (Å²) in [5, 5.41) is 19.8. The molecule has 1 aliphatic heterocycles. The van der Waals surface area contributed by atoms with Gasteiger partial charge in [-0.05, 0) is 24.3 Å². The van der Waals surface area contributed by atoms with Gasteiger partial charge in [0.25, 0.3) is 0 Å². The Kier molecular flexibility index (Phi) is 2.42. The number of hydrogen-bond acceptors (Lipinski definition) is 3. The number of anilines is 1. The van der Waals surface area contributed by atoms with Crippen LogP contribution in [-0.2, 0) is 0 Å². The molecule has 1 aromatic heterocycles. The van der Waals surface area contributed by atoms with E-state index in [-0.39, 0.29) is 5.84 Å². The van der Waals surface area contributed by atoms with Crippen molar-refractivity contribution in [1.29, 1.82) is 5.41 Å². The number of aromatic nitrogens is 1. The predicted octanol–water partition coefficient (Wildman–Crippen LogP) is 2.76. The van der Waals surface area contributed by atoms with Gasteiger partial charge in [0.05, 0.1) is 22.2 Å². The smallest absolute Gasteiger partial charge is 0.137 e. The van der Waals surface area contributed by atoms with E-state index >= 15 is 0 Å². The lowest BCUT2D eigenvalue weighted by atomic mass is 10.2. The first-order valence-corrected chi connectivity index (χ1v) is 6.22. The average Bonchev–Trinajstić information content (AvgIpc) is 2.81. The Bertz CT molecular complexity index is 579. The van der Waals surface area contributed by atoms with Crippen molar-refractivity contribution in [1.82, 2.24) is 4.57 Å². The highest BCUT2D eigenvalue weighted by atomic mass is 32.2. The molecule has 1 aromatic carbocycles. The molecule has 1 aliphatic rings. The van der Waals surface area contributed by atoms with Crippen LogP contribution in [0, 0.1) is 5.41 Å². The maximum absolute atomic E-state index is 9.98. The molecule has 2 heterocycles. The normalized spacial score (nSPS) is 14.9. The third-order valence-corrected chi connectivity index (χ3v) is 3.74. The zero-order valence-corrected chi connectivity index (χ0v) is 9.81. The Morgan fingerprint density at radius 2 is 1.88 bits per heavy atom. The molecular weight excluding hydrogens is 234 g/mol. The SMILES string of the molecule is N=C1CSc2cccn2-c2ccccc2N1O. The minimum absolute atomic E-state index is 0.190. The summed E-state index contributed by atoms with van der Waals surface area (Å²) < 4.78 is 2.02. The zero-order chi connectivity index (χ0) is 11.8. The van der Waals surface area contributed by atoms with E-state index in [1.807, 2.05) is 47.2 Å². The van der Waals surface area contributed by atoms with Crippen molar-refractivity contribution >= 4 is 23.3 Å². The summed E-state index contributed by atoms with van der Waals surface area (Å²) >= 11 is 1.54. The molecule has 0 atom stereocenters. The Balaban J connectivity index is 2.26. The lowest BCUT2D eigenvalue weighted by molar-refractivity contribution is 0.310. The topological polar surface area (TPSA) is 52.2 Å². The maximum Gasteiger partial charge on any atom is 0.137 e. The van der Waals surface area contributed by atoms with Gasteiger partial charge >= 0.3 is 0 Å². The first-order chi connectivity index (χ1) is 8.27. The van der Waals surface area contributed by atoms with Crippen molar-refractivity contribution in [3.8, 4) is 5.69 Å². The number of hydrogen-bond donors (Lipinski definition) is 2. The highest BCUT2D eigenvalue weighted by Crippen LogP contribution is 2.32. The number of nitrogens with zero attached hydrogens (tertiary/aromatic N) is 2. The third kappa shape index (κ3) is 1.64. The molecule has 4 nitrogen and oxygen atoms in total. The number of thioether (sulfide) groups is 1. The number of nitrogens with one attached hydrogen (secondary N) is 1. The number of amidine groups is 1. The molecule has 17 heavy (non-hydrogen) atoms. The van der Waals surface area contributed by atoms with Crippen molar-refractivity contribution in [2.45, 2.75) is 5.03 Å². The van der Waals surface area contributed by atoms with Gasteiger partial charge in [0.15, 0.2) is 0 Å². The lowest BCUT2D eigenvalue weighted by Crippen LogP contribution is -2.30. The predicted molar refractivity (Wildman–Crippen MR) is 68.5 cm³/mol. The molecule has 0 saturated carbocycles. The highest BCUT2D eigenvalue weighted by molar-refractivity contribution is 8.00. The standard InChI is InChI=1S/C12H11N3OS/c13-11-8-17-12-6-3-7-14(12)9-4-1-2-5-10(9)15(11)16/h1-7,13,16H,8H2. The third-order valence-electron chi connectivity index (χ3n) is 2.69. The number of benzene rings is 1. The Morgan fingerprint density at radius 1 is 1.12 bits per heavy atom. The van der Waals surface area contributed by atoms with E-state index in [4.69, 9.17) is 5.41 Å². The van der Waals surface area contributed by atoms with Gasteiger partial charge in [0.1, 0.15) is 5.84 Å². The molecule has 2 aromatic rings. The van der Waals surface area contributed by atoms with E-state index in [0.29, 0.717) is 11.4 Å². The summed E-state index contributed by atoms with van der Waals surface area (Å²) in [5.74, 6) is 0.643. The van der Waals surface area contributed by atoms with Gasteiger partial charge in [-0.3, -0.25) is 10.6 Å². The second-order valence-electron chi connectivity index (χ2n) is 3.75. The van der Waals surface area contributed by atoms with Crippen molar-refractivity contribution in [3.05, 3.63) is 42.6 Å². The van der Waals surface area contributed by atoms with Gasteiger partial charge in [0.2, 0.25) is 0 Å².